The number of nitrogens with two attached hydrogens (primary N) is 1. The van der Waals surface area contributed by atoms with Gasteiger partial charge in [0.15, 0.2) is 0 Å². The lowest BCUT2D eigenvalue weighted by Crippen LogP contribution is -2.37. The second kappa shape index (κ2) is 5.52. The summed E-state index contributed by atoms with van der Waals surface area (Å²) in [5, 5.41) is 6.83. The minimum atomic E-state index is 0.0641. The summed E-state index contributed by atoms with van der Waals surface area (Å²) in [7, 11) is 0. The molecule has 1 saturated carbocycles. The maximum absolute atomic E-state index is 12.0. The molecular formula is C13H21N3O2. The molecule has 0 saturated heterocycles. The fourth-order valence-electron chi connectivity index (χ4n) is 2.54. The number of hydrogen-bond acceptors (Lipinski definition) is 4. The lowest BCUT2D eigenvalue weighted by Gasteiger charge is -2.25. The van der Waals surface area contributed by atoms with E-state index in [2.05, 4.69) is 10.5 Å². The summed E-state index contributed by atoms with van der Waals surface area (Å²) < 4.78 is 5.07. The summed E-state index contributed by atoms with van der Waals surface area (Å²) in [5.74, 6) is 0.938. The standard InChI is InChI=1S/C13H21N3O2/c1-8-12(9(2)18-16-8)7-15-13(17)10-4-3-5-11(14)6-10/h10-11H,3-7,14H2,1-2H3,(H,15,17). The first-order chi connectivity index (χ1) is 8.58. The summed E-state index contributed by atoms with van der Waals surface area (Å²) in [6, 6.07) is 0.175. The number of carbonyl (C=O) groups is 1. The third-order valence-electron chi connectivity index (χ3n) is 3.71. The van der Waals surface area contributed by atoms with Crippen LogP contribution in [-0.4, -0.2) is 17.1 Å². The van der Waals surface area contributed by atoms with Crippen molar-refractivity contribution in [3.05, 3.63) is 17.0 Å². The average Bonchev–Trinajstić information content (AvgIpc) is 2.66. The van der Waals surface area contributed by atoms with Crippen molar-refractivity contribution in [2.75, 3.05) is 0 Å². The Morgan fingerprint density at radius 3 is 2.89 bits per heavy atom. The van der Waals surface area contributed by atoms with E-state index in [0.29, 0.717) is 6.54 Å². The van der Waals surface area contributed by atoms with Crippen molar-refractivity contribution in [3.63, 3.8) is 0 Å². The van der Waals surface area contributed by atoms with Gasteiger partial charge in [0.25, 0.3) is 0 Å². The van der Waals surface area contributed by atoms with Gasteiger partial charge in [-0.15, -0.1) is 0 Å². The van der Waals surface area contributed by atoms with Crippen LogP contribution in [0.25, 0.3) is 0 Å². The molecule has 18 heavy (non-hydrogen) atoms. The van der Waals surface area contributed by atoms with Gasteiger partial charge < -0.3 is 15.6 Å². The topological polar surface area (TPSA) is 81.2 Å². The molecule has 0 aliphatic heterocycles. The molecule has 3 N–H and O–H groups in total. The number of rotatable bonds is 3. The van der Waals surface area contributed by atoms with E-state index in [4.69, 9.17) is 10.3 Å². The number of nitrogens with zero attached hydrogens (tertiary/aromatic N) is 1. The van der Waals surface area contributed by atoms with Crippen LogP contribution in [-0.2, 0) is 11.3 Å². The summed E-state index contributed by atoms with van der Waals surface area (Å²) in [5.41, 5.74) is 7.71. The summed E-state index contributed by atoms with van der Waals surface area (Å²) in [6.45, 7) is 4.23. The molecule has 100 valence electrons. The molecule has 0 aromatic carbocycles. The minimum Gasteiger partial charge on any atom is -0.361 e. The Bertz CT molecular complexity index is 408. The van der Waals surface area contributed by atoms with E-state index >= 15 is 0 Å². The number of carbonyl (C=O) groups excluding carboxylic acids is 1. The minimum absolute atomic E-state index is 0.0641. The van der Waals surface area contributed by atoms with Crippen LogP contribution in [0, 0.1) is 19.8 Å². The van der Waals surface area contributed by atoms with Gasteiger partial charge in [-0.25, -0.2) is 0 Å². The summed E-state index contributed by atoms with van der Waals surface area (Å²) in [4.78, 5) is 12.0. The van der Waals surface area contributed by atoms with Gasteiger partial charge in [-0.05, 0) is 33.1 Å². The highest BCUT2D eigenvalue weighted by molar-refractivity contribution is 5.78. The molecule has 1 aliphatic rings. The van der Waals surface area contributed by atoms with Crippen LogP contribution in [0.5, 0.6) is 0 Å². The van der Waals surface area contributed by atoms with Crippen LogP contribution in [0.3, 0.4) is 0 Å². The van der Waals surface area contributed by atoms with Gasteiger partial charge in [-0.3, -0.25) is 4.79 Å². The van der Waals surface area contributed by atoms with E-state index in [1.165, 1.54) is 0 Å². The Kier molecular flexibility index (Phi) is 4.01. The molecule has 1 amide bonds. The molecule has 0 bridgehead atoms. The first kappa shape index (κ1) is 13.1. The Morgan fingerprint density at radius 2 is 2.28 bits per heavy atom. The number of hydrogen-bond donors (Lipinski definition) is 2. The summed E-state index contributed by atoms with van der Waals surface area (Å²) in [6.07, 6.45) is 3.83. The first-order valence-corrected chi connectivity index (χ1v) is 6.53. The van der Waals surface area contributed by atoms with Gasteiger partial charge in [0, 0.05) is 24.1 Å². The fourth-order valence-corrected chi connectivity index (χ4v) is 2.54. The third kappa shape index (κ3) is 2.90. The lowest BCUT2D eigenvalue weighted by molar-refractivity contribution is -0.126. The molecule has 0 radical (unpaired) electrons. The zero-order chi connectivity index (χ0) is 13.1. The third-order valence-corrected chi connectivity index (χ3v) is 3.71. The predicted molar refractivity (Wildman–Crippen MR) is 67.8 cm³/mol. The molecular weight excluding hydrogens is 230 g/mol. The number of amides is 1. The highest BCUT2D eigenvalue weighted by Crippen LogP contribution is 2.23. The van der Waals surface area contributed by atoms with Gasteiger partial charge in [-0.2, -0.15) is 0 Å². The van der Waals surface area contributed by atoms with E-state index < -0.39 is 0 Å². The van der Waals surface area contributed by atoms with Crippen LogP contribution >= 0.6 is 0 Å². The van der Waals surface area contributed by atoms with Crippen molar-refractivity contribution in [2.45, 2.75) is 52.1 Å². The van der Waals surface area contributed by atoms with E-state index in [9.17, 15) is 4.79 Å². The highest BCUT2D eigenvalue weighted by Gasteiger charge is 2.25. The van der Waals surface area contributed by atoms with Crippen molar-refractivity contribution in [1.82, 2.24) is 10.5 Å². The van der Waals surface area contributed by atoms with Crippen molar-refractivity contribution in [3.8, 4) is 0 Å². The van der Waals surface area contributed by atoms with Gasteiger partial charge in [0.1, 0.15) is 5.76 Å². The molecule has 2 unspecified atom stereocenters. The van der Waals surface area contributed by atoms with Gasteiger partial charge in [-0.1, -0.05) is 11.6 Å². The van der Waals surface area contributed by atoms with Gasteiger partial charge >= 0.3 is 0 Å². The first-order valence-electron chi connectivity index (χ1n) is 6.53. The Balaban J connectivity index is 1.88. The van der Waals surface area contributed by atoms with Crippen molar-refractivity contribution in [1.29, 1.82) is 0 Å². The molecule has 1 aromatic heterocycles. The van der Waals surface area contributed by atoms with E-state index in [-0.39, 0.29) is 17.9 Å². The quantitative estimate of drug-likeness (QED) is 0.851. The van der Waals surface area contributed by atoms with Crippen molar-refractivity contribution < 1.29 is 9.32 Å². The molecule has 2 rings (SSSR count). The van der Waals surface area contributed by atoms with E-state index in [1.54, 1.807) is 0 Å². The largest absolute Gasteiger partial charge is 0.361 e. The van der Waals surface area contributed by atoms with Crippen LogP contribution in [0.4, 0.5) is 0 Å². The second-order valence-corrected chi connectivity index (χ2v) is 5.14. The number of nitrogens with one attached hydrogen (secondary N) is 1. The van der Waals surface area contributed by atoms with Crippen LogP contribution in [0.15, 0.2) is 4.52 Å². The van der Waals surface area contributed by atoms with Gasteiger partial charge in [0.05, 0.1) is 5.69 Å². The zero-order valence-corrected chi connectivity index (χ0v) is 11.0. The Hall–Kier alpha value is -1.36. The fraction of sp³-hybridized carbons (Fsp3) is 0.692. The second-order valence-electron chi connectivity index (χ2n) is 5.14. The van der Waals surface area contributed by atoms with Crippen molar-refractivity contribution in [2.24, 2.45) is 11.7 Å². The maximum Gasteiger partial charge on any atom is 0.223 e. The lowest BCUT2D eigenvalue weighted by atomic mass is 9.85. The Labute approximate surface area is 107 Å². The highest BCUT2D eigenvalue weighted by atomic mass is 16.5. The van der Waals surface area contributed by atoms with E-state index in [1.807, 2.05) is 13.8 Å². The number of aryl methyl sites for hydroxylation is 2. The molecule has 1 aromatic rings. The Morgan fingerprint density at radius 1 is 1.50 bits per heavy atom. The number of aromatic nitrogens is 1. The average molecular weight is 251 g/mol. The normalized spacial score (nSPS) is 23.9. The zero-order valence-electron chi connectivity index (χ0n) is 11.0. The molecule has 5 heteroatoms. The van der Waals surface area contributed by atoms with Crippen LogP contribution in [0.2, 0.25) is 0 Å². The predicted octanol–water partition coefficient (Wildman–Crippen LogP) is 1.43. The SMILES string of the molecule is Cc1noc(C)c1CNC(=O)C1CCCC(N)C1. The van der Waals surface area contributed by atoms with Crippen molar-refractivity contribution >= 4 is 5.91 Å². The molecule has 0 spiro atoms. The molecule has 1 heterocycles. The van der Waals surface area contributed by atoms with E-state index in [0.717, 1.165) is 42.7 Å². The van der Waals surface area contributed by atoms with Crippen LogP contribution < -0.4 is 11.1 Å². The molecule has 1 aliphatic carbocycles. The molecule has 5 nitrogen and oxygen atoms in total. The maximum atomic E-state index is 12.0. The smallest absolute Gasteiger partial charge is 0.223 e. The molecule has 2 atom stereocenters. The van der Waals surface area contributed by atoms with Crippen LogP contribution in [0.1, 0.15) is 42.7 Å². The van der Waals surface area contributed by atoms with Gasteiger partial charge in [0.2, 0.25) is 5.91 Å². The monoisotopic (exact) mass is 251 g/mol. The summed E-state index contributed by atoms with van der Waals surface area (Å²) >= 11 is 0. The molecule has 1 fully saturated rings.